The number of carboxylic acids is 2. The Kier molecular flexibility index (Phi) is 7.50. The molecule has 6 nitrogen and oxygen atoms in total. The van der Waals surface area contributed by atoms with Crippen molar-refractivity contribution in [2.75, 3.05) is 0 Å². The van der Waals surface area contributed by atoms with Crippen LogP contribution in [0, 0.1) is 0 Å². The third-order valence-corrected chi connectivity index (χ3v) is 6.95. The molecule has 0 saturated heterocycles. The van der Waals surface area contributed by atoms with E-state index < -0.39 is 35.2 Å². The summed E-state index contributed by atoms with van der Waals surface area (Å²) in [6.45, 7) is 1.22. The van der Waals surface area contributed by atoms with Crippen LogP contribution in [0.4, 0.5) is 13.2 Å². The molecule has 3 N–H and O–H groups in total. The Hall–Kier alpha value is -4.21. The number of aliphatic hydroxyl groups is 1. The minimum Gasteiger partial charge on any atom is -0.478 e. The first-order chi connectivity index (χ1) is 18.3. The summed E-state index contributed by atoms with van der Waals surface area (Å²) in [5, 5.41) is 29.4. The van der Waals surface area contributed by atoms with E-state index in [1.807, 2.05) is 0 Å². The highest BCUT2D eigenvalue weighted by atomic mass is 35.5. The van der Waals surface area contributed by atoms with E-state index >= 15 is 0 Å². The van der Waals surface area contributed by atoms with Crippen LogP contribution in [0.3, 0.4) is 0 Å². The van der Waals surface area contributed by atoms with Gasteiger partial charge < -0.3 is 15.3 Å². The summed E-state index contributed by atoms with van der Waals surface area (Å²) in [5.74, 6) is -3.78. The van der Waals surface area contributed by atoms with Crippen molar-refractivity contribution in [1.29, 1.82) is 0 Å². The number of carboxylic acid groups (broad SMARTS) is 2. The fraction of sp³-hybridized carbons (Fsp3) is 0.138. The highest BCUT2D eigenvalue weighted by Crippen LogP contribution is 2.50. The van der Waals surface area contributed by atoms with E-state index in [9.17, 15) is 27.9 Å². The summed E-state index contributed by atoms with van der Waals surface area (Å²) in [6.07, 6.45) is -3.96. The highest BCUT2D eigenvalue weighted by molar-refractivity contribution is 6.31. The lowest BCUT2D eigenvalue weighted by Gasteiger charge is -2.37. The molecule has 0 unspecified atom stereocenters. The lowest BCUT2D eigenvalue weighted by atomic mass is 9.77. The number of rotatable bonds is 7. The summed E-state index contributed by atoms with van der Waals surface area (Å²) in [5.41, 5.74) is -2.02. The van der Waals surface area contributed by atoms with Crippen molar-refractivity contribution in [3.63, 3.8) is 0 Å². The first-order valence-corrected chi connectivity index (χ1v) is 11.9. The summed E-state index contributed by atoms with van der Waals surface area (Å²) < 4.78 is 43.7. The maximum Gasteiger partial charge on any atom is 0.422 e. The zero-order valence-electron chi connectivity index (χ0n) is 20.3. The van der Waals surface area contributed by atoms with Crippen molar-refractivity contribution in [3.8, 4) is 22.4 Å². The fourth-order valence-electron chi connectivity index (χ4n) is 4.36. The third kappa shape index (κ3) is 5.36. The van der Waals surface area contributed by atoms with Gasteiger partial charge in [0, 0.05) is 22.7 Å². The number of aromatic carboxylic acids is 2. The molecule has 0 radical (unpaired) electrons. The molecule has 2 atom stereocenters. The SMILES string of the molecule is C[C@H](c1ccc(-c2ccc(C(=O)O)cc2)cc1Cl)[C@@](O)(c1ccnc(-c2ccc(C(=O)O)cc2)c1)C(F)(F)F. The minimum atomic E-state index is -5.10. The van der Waals surface area contributed by atoms with E-state index in [1.54, 1.807) is 18.2 Å². The zero-order valence-corrected chi connectivity index (χ0v) is 21.0. The molecule has 3 aromatic carbocycles. The van der Waals surface area contributed by atoms with Gasteiger partial charge in [-0.2, -0.15) is 13.2 Å². The van der Waals surface area contributed by atoms with Crippen molar-refractivity contribution >= 4 is 23.5 Å². The van der Waals surface area contributed by atoms with Crippen LogP contribution >= 0.6 is 11.6 Å². The average molecular weight is 556 g/mol. The maximum absolute atomic E-state index is 14.6. The van der Waals surface area contributed by atoms with Crippen LogP contribution in [0.2, 0.25) is 5.02 Å². The number of aromatic nitrogens is 1. The second-order valence-electron chi connectivity index (χ2n) is 8.92. The molecule has 39 heavy (non-hydrogen) atoms. The van der Waals surface area contributed by atoms with E-state index in [2.05, 4.69) is 4.98 Å². The van der Waals surface area contributed by atoms with Gasteiger partial charge in [0.1, 0.15) is 0 Å². The van der Waals surface area contributed by atoms with Crippen LogP contribution in [0.15, 0.2) is 85.1 Å². The molecule has 0 fully saturated rings. The van der Waals surface area contributed by atoms with Gasteiger partial charge in [-0.3, -0.25) is 4.98 Å². The molecule has 200 valence electrons. The van der Waals surface area contributed by atoms with E-state index in [-0.39, 0.29) is 27.4 Å². The van der Waals surface area contributed by atoms with E-state index in [0.717, 1.165) is 18.3 Å². The monoisotopic (exact) mass is 555 g/mol. The van der Waals surface area contributed by atoms with Gasteiger partial charge in [0.2, 0.25) is 0 Å². The molecular formula is C29H21ClF3NO5. The standard InChI is InChI=1S/C29H21ClF3NO5/c1-16(23-11-10-21(14-24(23)30)17-2-6-19(7-3-17)26(35)36)28(39,29(31,32)33)22-12-13-34-25(15-22)18-4-8-20(9-5-18)27(37)38/h2-16,39H,1H3,(H,35,36)(H,37,38)/t16-,28-/m1/s1. The molecule has 4 rings (SSSR count). The van der Waals surface area contributed by atoms with Crippen molar-refractivity contribution in [2.24, 2.45) is 0 Å². The Morgan fingerprint density at radius 3 is 1.79 bits per heavy atom. The van der Waals surface area contributed by atoms with Crippen molar-refractivity contribution in [1.82, 2.24) is 4.98 Å². The number of carbonyl (C=O) groups is 2. The molecular weight excluding hydrogens is 535 g/mol. The molecule has 0 spiro atoms. The van der Waals surface area contributed by atoms with Crippen LogP contribution in [-0.2, 0) is 5.60 Å². The number of hydrogen-bond donors (Lipinski definition) is 3. The second kappa shape index (κ2) is 10.5. The van der Waals surface area contributed by atoms with Gasteiger partial charge >= 0.3 is 18.1 Å². The van der Waals surface area contributed by atoms with Crippen LogP contribution in [0.25, 0.3) is 22.4 Å². The Morgan fingerprint density at radius 1 is 0.795 bits per heavy atom. The molecule has 0 saturated carbocycles. The molecule has 0 aliphatic heterocycles. The largest absolute Gasteiger partial charge is 0.478 e. The lowest BCUT2D eigenvalue weighted by molar-refractivity contribution is -0.274. The molecule has 4 aromatic rings. The highest BCUT2D eigenvalue weighted by Gasteiger charge is 2.59. The Labute approximate surface area is 226 Å². The van der Waals surface area contributed by atoms with Crippen molar-refractivity contribution in [2.45, 2.75) is 24.6 Å². The summed E-state index contributed by atoms with van der Waals surface area (Å²) >= 11 is 6.43. The topological polar surface area (TPSA) is 108 Å². The second-order valence-corrected chi connectivity index (χ2v) is 9.32. The third-order valence-electron chi connectivity index (χ3n) is 6.62. The number of alkyl halides is 3. The van der Waals surface area contributed by atoms with Gasteiger partial charge in [0.25, 0.3) is 0 Å². The van der Waals surface area contributed by atoms with Crippen LogP contribution in [0.1, 0.15) is 44.7 Å². The molecule has 0 amide bonds. The first-order valence-electron chi connectivity index (χ1n) is 11.6. The van der Waals surface area contributed by atoms with E-state index in [4.69, 9.17) is 21.8 Å². The molecule has 0 bridgehead atoms. The van der Waals surface area contributed by atoms with Crippen LogP contribution in [0.5, 0.6) is 0 Å². The fourth-order valence-corrected chi connectivity index (χ4v) is 4.70. The summed E-state index contributed by atoms with van der Waals surface area (Å²) in [6, 6.07) is 18.0. The number of hydrogen-bond acceptors (Lipinski definition) is 4. The van der Waals surface area contributed by atoms with Crippen LogP contribution in [-0.4, -0.2) is 38.4 Å². The smallest absolute Gasteiger partial charge is 0.422 e. The molecule has 1 heterocycles. The molecule has 10 heteroatoms. The molecule has 0 aliphatic carbocycles. The number of pyridine rings is 1. The van der Waals surface area contributed by atoms with Gasteiger partial charge in [-0.1, -0.05) is 54.9 Å². The quantitative estimate of drug-likeness (QED) is 0.226. The summed E-state index contributed by atoms with van der Waals surface area (Å²) in [4.78, 5) is 26.3. The van der Waals surface area contributed by atoms with Gasteiger partial charge in [-0.25, -0.2) is 9.59 Å². The molecule has 1 aromatic heterocycles. The van der Waals surface area contributed by atoms with E-state index in [0.29, 0.717) is 16.7 Å². The Bertz CT molecular complexity index is 1540. The Balaban J connectivity index is 1.73. The number of halogens is 4. The van der Waals surface area contributed by atoms with Crippen LogP contribution < -0.4 is 0 Å². The predicted octanol–water partition coefficient (Wildman–Crippen LogP) is 7.02. The van der Waals surface area contributed by atoms with Gasteiger partial charge in [0.05, 0.1) is 16.8 Å². The van der Waals surface area contributed by atoms with Gasteiger partial charge in [0.15, 0.2) is 5.60 Å². The van der Waals surface area contributed by atoms with Gasteiger partial charge in [-0.15, -0.1) is 0 Å². The predicted molar refractivity (Wildman–Crippen MR) is 139 cm³/mol. The Morgan fingerprint density at radius 2 is 1.31 bits per heavy atom. The lowest BCUT2D eigenvalue weighted by Crippen LogP contribution is -2.46. The average Bonchev–Trinajstić information content (AvgIpc) is 2.91. The number of benzene rings is 3. The van der Waals surface area contributed by atoms with Gasteiger partial charge in [-0.05, 0) is 64.7 Å². The zero-order chi connectivity index (χ0) is 28.5. The normalized spacial score (nSPS) is 13.9. The molecule has 0 aliphatic rings. The van der Waals surface area contributed by atoms with Crippen molar-refractivity contribution < 1.29 is 38.1 Å². The van der Waals surface area contributed by atoms with Crippen molar-refractivity contribution in [3.05, 3.63) is 112 Å². The first kappa shape index (κ1) is 27.8. The summed E-state index contributed by atoms with van der Waals surface area (Å²) in [7, 11) is 0. The minimum absolute atomic E-state index is 0.00578. The van der Waals surface area contributed by atoms with E-state index in [1.165, 1.54) is 55.5 Å². The number of nitrogens with zero attached hydrogens (tertiary/aromatic N) is 1. The maximum atomic E-state index is 14.6.